The molecule has 0 fully saturated rings. The Labute approximate surface area is 101 Å². The lowest BCUT2D eigenvalue weighted by atomic mass is 10.1. The van der Waals surface area contributed by atoms with Crippen LogP contribution >= 0.6 is 0 Å². The summed E-state index contributed by atoms with van der Waals surface area (Å²) in [6, 6.07) is 9.59. The third-order valence-corrected chi connectivity index (χ3v) is 2.99. The number of nitrogens with zero attached hydrogens (tertiary/aromatic N) is 2. The van der Waals surface area contributed by atoms with Gasteiger partial charge in [-0.05, 0) is 18.9 Å². The van der Waals surface area contributed by atoms with E-state index in [1.54, 1.807) is 0 Å². The number of aliphatic imine (C=N–C) groups is 1. The zero-order valence-electron chi connectivity index (χ0n) is 9.84. The topological polar surface area (TPSA) is 52.9 Å². The summed E-state index contributed by atoms with van der Waals surface area (Å²) in [7, 11) is 0. The Morgan fingerprint density at radius 2 is 2.18 bits per heavy atom. The van der Waals surface area contributed by atoms with E-state index in [0.717, 1.165) is 18.8 Å². The Bertz CT molecular complexity index is 428. The van der Waals surface area contributed by atoms with Crippen LogP contribution in [0.4, 0.5) is 0 Å². The Hall–Kier alpha value is -1.84. The fourth-order valence-corrected chi connectivity index (χ4v) is 1.98. The van der Waals surface area contributed by atoms with Crippen LogP contribution in [0.5, 0.6) is 0 Å². The van der Waals surface area contributed by atoms with Crippen LogP contribution in [-0.4, -0.2) is 40.9 Å². The SMILES string of the molecule is CC1=NC(C(=O)O)CN1CCc1ccccc1. The van der Waals surface area contributed by atoms with Crippen LogP contribution in [0.2, 0.25) is 0 Å². The average Bonchev–Trinajstić information content (AvgIpc) is 2.70. The zero-order chi connectivity index (χ0) is 12.3. The second-order valence-corrected chi connectivity index (χ2v) is 4.21. The molecule has 2 rings (SSSR count). The van der Waals surface area contributed by atoms with Gasteiger partial charge in [0, 0.05) is 6.54 Å². The Morgan fingerprint density at radius 3 is 2.76 bits per heavy atom. The molecule has 0 saturated carbocycles. The molecular weight excluding hydrogens is 216 g/mol. The van der Waals surface area contributed by atoms with Crippen molar-refractivity contribution in [1.29, 1.82) is 0 Å². The van der Waals surface area contributed by atoms with E-state index in [1.807, 2.05) is 30.0 Å². The highest BCUT2D eigenvalue weighted by Gasteiger charge is 2.27. The highest BCUT2D eigenvalue weighted by Crippen LogP contribution is 2.11. The zero-order valence-corrected chi connectivity index (χ0v) is 9.84. The monoisotopic (exact) mass is 232 g/mol. The number of hydrogen-bond acceptors (Lipinski definition) is 3. The van der Waals surface area contributed by atoms with E-state index in [1.165, 1.54) is 5.56 Å². The summed E-state index contributed by atoms with van der Waals surface area (Å²) >= 11 is 0. The Balaban J connectivity index is 1.90. The lowest BCUT2D eigenvalue weighted by Crippen LogP contribution is -2.32. The lowest BCUT2D eigenvalue weighted by Gasteiger charge is -2.18. The van der Waals surface area contributed by atoms with Gasteiger partial charge in [0.05, 0.1) is 12.4 Å². The van der Waals surface area contributed by atoms with Crippen molar-refractivity contribution in [2.24, 2.45) is 4.99 Å². The summed E-state index contributed by atoms with van der Waals surface area (Å²) in [4.78, 5) is 17.0. The molecule has 0 bridgehead atoms. The first-order chi connectivity index (χ1) is 8.16. The van der Waals surface area contributed by atoms with Crippen LogP contribution in [0.25, 0.3) is 0 Å². The standard InChI is InChI=1S/C13H16N2O2/c1-10-14-12(13(16)17)9-15(10)8-7-11-5-3-2-4-6-11/h2-6,12H,7-9H2,1H3,(H,16,17). The second-order valence-electron chi connectivity index (χ2n) is 4.21. The molecule has 1 N–H and O–H groups in total. The van der Waals surface area contributed by atoms with E-state index in [0.29, 0.717) is 6.54 Å². The summed E-state index contributed by atoms with van der Waals surface area (Å²) in [6.45, 7) is 3.19. The van der Waals surface area contributed by atoms with Gasteiger partial charge in [0.1, 0.15) is 0 Å². The quantitative estimate of drug-likeness (QED) is 0.854. The van der Waals surface area contributed by atoms with Crippen molar-refractivity contribution in [2.75, 3.05) is 13.1 Å². The number of amidine groups is 1. The smallest absolute Gasteiger partial charge is 0.330 e. The van der Waals surface area contributed by atoms with Gasteiger partial charge in [-0.3, -0.25) is 4.99 Å². The number of hydrogen-bond donors (Lipinski definition) is 1. The van der Waals surface area contributed by atoms with Crippen molar-refractivity contribution in [3.63, 3.8) is 0 Å². The first-order valence-corrected chi connectivity index (χ1v) is 5.73. The molecule has 1 unspecified atom stereocenters. The fourth-order valence-electron chi connectivity index (χ4n) is 1.98. The van der Waals surface area contributed by atoms with Crippen molar-refractivity contribution in [2.45, 2.75) is 19.4 Å². The molecule has 0 amide bonds. The third kappa shape index (κ3) is 2.84. The largest absolute Gasteiger partial charge is 0.480 e. The maximum atomic E-state index is 10.8. The van der Waals surface area contributed by atoms with Gasteiger partial charge < -0.3 is 10.0 Å². The average molecular weight is 232 g/mol. The Morgan fingerprint density at radius 1 is 1.47 bits per heavy atom. The maximum absolute atomic E-state index is 10.8. The molecule has 1 heterocycles. The van der Waals surface area contributed by atoms with Crippen LogP contribution in [0.3, 0.4) is 0 Å². The maximum Gasteiger partial charge on any atom is 0.330 e. The molecule has 17 heavy (non-hydrogen) atoms. The van der Waals surface area contributed by atoms with Crippen LogP contribution in [0.15, 0.2) is 35.3 Å². The normalized spacial score (nSPS) is 19.2. The molecule has 1 aromatic carbocycles. The van der Waals surface area contributed by atoms with Gasteiger partial charge in [-0.25, -0.2) is 4.79 Å². The lowest BCUT2D eigenvalue weighted by molar-refractivity contribution is -0.138. The minimum absolute atomic E-state index is 0.494. The van der Waals surface area contributed by atoms with E-state index in [2.05, 4.69) is 17.1 Å². The van der Waals surface area contributed by atoms with Gasteiger partial charge in [-0.2, -0.15) is 0 Å². The highest BCUT2D eigenvalue weighted by atomic mass is 16.4. The summed E-state index contributed by atoms with van der Waals surface area (Å²) in [5.74, 6) is -0.0140. The molecule has 0 aliphatic carbocycles. The van der Waals surface area contributed by atoms with E-state index in [4.69, 9.17) is 5.11 Å². The summed E-state index contributed by atoms with van der Waals surface area (Å²) < 4.78 is 0. The minimum Gasteiger partial charge on any atom is -0.480 e. The molecule has 90 valence electrons. The molecule has 1 aromatic rings. The first kappa shape index (κ1) is 11.6. The van der Waals surface area contributed by atoms with Crippen molar-refractivity contribution in [1.82, 2.24) is 4.90 Å². The van der Waals surface area contributed by atoms with Crippen molar-refractivity contribution >= 4 is 11.8 Å². The number of rotatable bonds is 4. The number of aliphatic carboxylic acids is 1. The number of carboxylic acids is 1. The van der Waals surface area contributed by atoms with E-state index in [9.17, 15) is 4.79 Å². The summed E-state index contributed by atoms with van der Waals surface area (Å²) in [6.07, 6.45) is 0.917. The molecule has 1 aliphatic heterocycles. The van der Waals surface area contributed by atoms with Crippen LogP contribution in [-0.2, 0) is 11.2 Å². The predicted octanol–water partition coefficient (Wildman–Crippen LogP) is 1.42. The van der Waals surface area contributed by atoms with Crippen LogP contribution in [0, 0.1) is 0 Å². The molecule has 0 radical (unpaired) electrons. The first-order valence-electron chi connectivity index (χ1n) is 5.73. The molecule has 0 saturated heterocycles. The molecule has 4 nitrogen and oxygen atoms in total. The van der Waals surface area contributed by atoms with Gasteiger partial charge in [0.25, 0.3) is 0 Å². The van der Waals surface area contributed by atoms with Crippen molar-refractivity contribution < 1.29 is 9.90 Å². The van der Waals surface area contributed by atoms with E-state index < -0.39 is 12.0 Å². The molecular formula is C13H16N2O2. The predicted molar refractivity (Wildman–Crippen MR) is 66.3 cm³/mol. The Kier molecular flexibility index (Phi) is 3.42. The van der Waals surface area contributed by atoms with Gasteiger partial charge in [-0.15, -0.1) is 0 Å². The van der Waals surface area contributed by atoms with Crippen LogP contribution < -0.4 is 0 Å². The van der Waals surface area contributed by atoms with Crippen molar-refractivity contribution in [3.05, 3.63) is 35.9 Å². The number of benzene rings is 1. The van der Waals surface area contributed by atoms with Gasteiger partial charge in [-0.1, -0.05) is 30.3 Å². The van der Waals surface area contributed by atoms with Crippen molar-refractivity contribution in [3.8, 4) is 0 Å². The fraction of sp³-hybridized carbons (Fsp3) is 0.385. The molecule has 1 atom stereocenters. The summed E-state index contributed by atoms with van der Waals surface area (Å²) in [5, 5.41) is 8.90. The third-order valence-electron chi connectivity index (χ3n) is 2.99. The molecule has 0 aromatic heterocycles. The number of carbonyl (C=O) groups is 1. The van der Waals surface area contributed by atoms with Gasteiger partial charge in [0.15, 0.2) is 6.04 Å². The second kappa shape index (κ2) is 4.99. The van der Waals surface area contributed by atoms with Crippen LogP contribution in [0.1, 0.15) is 12.5 Å². The molecule has 0 spiro atoms. The van der Waals surface area contributed by atoms with E-state index >= 15 is 0 Å². The molecule has 4 heteroatoms. The van der Waals surface area contributed by atoms with E-state index in [-0.39, 0.29) is 0 Å². The number of carboxylic acid groups (broad SMARTS) is 1. The highest BCUT2D eigenvalue weighted by molar-refractivity contribution is 5.87. The van der Waals surface area contributed by atoms with Gasteiger partial charge >= 0.3 is 5.97 Å². The molecule has 1 aliphatic rings. The summed E-state index contributed by atoms with van der Waals surface area (Å²) in [5.41, 5.74) is 1.26. The van der Waals surface area contributed by atoms with Gasteiger partial charge in [0.2, 0.25) is 0 Å². The minimum atomic E-state index is -0.841.